The Morgan fingerprint density at radius 2 is 1.72 bits per heavy atom. The van der Waals surface area contributed by atoms with Crippen molar-refractivity contribution < 1.29 is 13.2 Å². The maximum Gasteiger partial charge on any atom is 0.274 e. The molecule has 0 bridgehead atoms. The molecule has 2 aromatic carbocycles. The summed E-state index contributed by atoms with van der Waals surface area (Å²) in [5.41, 5.74) is 4.01. The van der Waals surface area contributed by atoms with Gasteiger partial charge in [-0.1, -0.05) is 41.1 Å². The summed E-state index contributed by atoms with van der Waals surface area (Å²) in [6.45, 7) is 6.75. The molecule has 8 heteroatoms. The first kappa shape index (κ1) is 20.6. The Labute approximate surface area is 180 Å². The highest BCUT2D eigenvalue weighted by Crippen LogP contribution is 2.34. The lowest BCUT2D eigenvalue weighted by Gasteiger charge is -2.31. The van der Waals surface area contributed by atoms with Gasteiger partial charge in [-0.15, -0.1) is 0 Å². The molecule has 1 fully saturated rings. The Bertz CT molecular complexity index is 1130. The molecule has 0 aliphatic carbocycles. The van der Waals surface area contributed by atoms with Crippen molar-refractivity contribution in [2.45, 2.75) is 44.6 Å². The summed E-state index contributed by atoms with van der Waals surface area (Å²) in [5.74, 6) is 0. The average Bonchev–Trinajstić information content (AvgIpc) is 3.12. The largest absolute Gasteiger partial charge is 0.467 e. The Morgan fingerprint density at radius 1 is 1.07 bits per heavy atom. The minimum atomic E-state index is -3.56. The van der Waals surface area contributed by atoms with Crippen LogP contribution in [0.15, 0.2) is 35.2 Å². The SMILES string of the molecule is Cc1ccc(Cl)cc1S(=O)(=O)N1CCC(Oc2nc3c(C)ccc(C)c3s2)CC1. The zero-order valence-electron chi connectivity index (χ0n) is 16.6. The van der Waals surface area contributed by atoms with Gasteiger partial charge in [0.05, 0.1) is 15.1 Å². The maximum absolute atomic E-state index is 13.0. The normalized spacial score (nSPS) is 16.4. The molecule has 1 saturated heterocycles. The number of nitrogens with zero attached hydrogens (tertiary/aromatic N) is 2. The number of hydrogen-bond acceptors (Lipinski definition) is 5. The quantitative estimate of drug-likeness (QED) is 0.554. The average molecular weight is 451 g/mol. The highest BCUT2D eigenvalue weighted by Gasteiger charge is 2.31. The van der Waals surface area contributed by atoms with Crippen LogP contribution in [0, 0.1) is 20.8 Å². The van der Waals surface area contributed by atoms with Crippen molar-refractivity contribution in [3.8, 4) is 5.19 Å². The molecule has 0 unspecified atom stereocenters. The van der Waals surface area contributed by atoms with Crippen molar-refractivity contribution in [2.75, 3.05) is 13.1 Å². The number of aromatic nitrogens is 1. The van der Waals surface area contributed by atoms with Crippen molar-refractivity contribution in [3.05, 3.63) is 52.0 Å². The Balaban J connectivity index is 1.46. The zero-order valence-corrected chi connectivity index (χ0v) is 19.0. The molecule has 0 amide bonds. The molecule has 4 rings (SSSR count). The fourth-order valence-corrected chi connectivity index (χ4v) is 6.60. The number of thiazole rings is 1. The summed E-state index contributed by atoms with van der Waals surface area (Å²) in [6.07, 6.45) is 1.22. The summed E-state index contributed by atoms with van der Waals surface area (Å²) >= 11 is 7.58. The summed E-state index contributed by atoms with van der Waals surface area (Å²) in [5, 5.41) is 1.08. The molecule has 154 valence electrons. The summed E-state index contributed by atoms with van der Waals surface area (Å²) in [4.78, 5) is 4.93. The van der Waals surface area contributed by atoms with Crippen LogP contribution in [0.2, 0.25) is 5.02 Å². The lowest BCUT2D eigenvalue weighted by atomic mass is 10.1. The van der Waals surface area contributed by atoms with Crippen molar-refractivity contribution >= 4 is 43.2 Å². The topological polar surface area (TPSA) is 59.5 Å². The smallest absolute Gasteiger partial charge is 0.274 e. The number of rotatable bonds is 4. The van der Waals surface area contributed by atoms with Crippen LogP contribution in [-0.2, 0) is 10.0 Å². The van der Waals surface area contributed by atoms with Crippen LogP contribution in [0.5, 0.6) is 5.19 Å². The molecule has 0 atom stereocenters. The van der Waals surface area contributed by atoms with Crippen LogP contribution < -0.4 is 4.74 Å². The Kier molecular flexibility index (Phi) is 5.59. The highest BCUT2D eigenvalue weighted by atomic mass is 35.5. The van der Waals surface area contributed by atoms with Gasteiger partial charge in [-0.3, -0.25) is 0 Å². The highest BCUT2D eigenvalue weighted by molar-refractivity contribution is 7.89. The van der Waals surface area contributed by atoms with Crippen LogP contribution in [0.4, 0.5) is 0 Å². The summed E-state index contributed by atoms with van der Waals surface area (Å²) in [7, 11) is -3.56. The molecule has 1 aliphatic heterocycles. The van der Waals surface area contributed by atoms with E-state index >= 15 is 0 Å². The zero-order chi connectivity index (χ0) is 20.8. The van der Waals surface area contributed by atoms with Gasteiger partial charge in [0, 0.05) is 18.1 Å². The van der Waals surface area contributed by atoms with Gasteiger partial charge in [0.1, 0.15) is 6.10 Å². The molecule has 1 aliphatic rings. The lowest BCUT2D eigenvalue weighted by Crippen LogP contribution is -2.41. The third-order valence-corrected chi connectivity index (χ3v) is 8.72. The number of sulfonamides is 1. The van der Waals surface area contributed by atoms with E-state index in [9.17, 15) is 8.42 Å². The molecule has 0 N–H and O–H groups in total. The molecular weight excluding hydrogens is 428 g/mol. The fourth-order valence-electron chi connectivity index (χ4n) is 3.61. The number of fused-ring (bicyclic) bond motifs is 1. The maximum atomic E-state index is 13.0. The first-order chi connectivity index (χ1) is 13.8. The molecular formula is C21H23ClN2O3S2. The molecule has 3 aromatic rings. The first-order valence-electron chi connectivity index (χ1n) is 9.55. The lowest BCUT2D eigenvalue weighted by molar-refractivity contribution is 0.135. The number of piperidine rings is 1. The number of halogens is 1. The van der Waals surface area contributed by atoms with E-state index in [4.69, 9.17) is 16.3 Å². The Hall–Kier alpha value is -1.67. The Morgan fingerprint density at radius 3 is 2.41 bits per heavy atom. The standard InChI is InChI=1S/C21H23ClN2O3S2/c1-13-6-7-16(22)12-18(13)29(25,26)24-10-8-17(9-11-24)27-21-23-19-14(2)4-5-15(3)20(19)28-21/h4-7,12,17H,8-11H2,1-3H3. The second kappa shape index (κ2) is 7.87. The van der Waals surface area contributed by atoms with Crippen molar-refractivity contribution in [3.63, 3.8) is 0 Å². The van der Waals surface area contributed by atoms with E-state index in [1.165, 1.54) is 15.9 Å². The van der Waals surface area contributed by atoms with E-state index < -0.39 is 10.0 Å². The van der Waals surface area contributed by atoms with Gasteiger partial charge in [0.15, 0.2) is 0 Å². The van der Waals surface area contributed by atoms with Gasteiger partial charge < -0.3 is 4.74 Å². The van der Waals surface area contributed by atoms with Crippen LogP contribution in [-0.4, -0.2) is 36.9 Å². The van der Waals surface area contributed by atoms with E-state index in [2.05, 4.69) is 24.0 Å². The fraction of sp³-hybridized carbons (Fsp3) is 0.381. The van der Waals surface area contributed by atoms with E-state index in [0.717, 1.165) is 15.8 Å². The molecule has 1 aromatic heterocycles. The van der Waals surface area contributed by atoms with Crippen molar-refractivity contribution in [1.29, 1.82) is 0 Å². The van der Waals surface area contributed by atoms with Crippen molar-refractivity contribution in [2.24, 2.45) is 0 Å². The summed E-state index contributed by atoms with van der Waals surface area (Å²) in [6, 6.07) is 9.14. The molecule has 29 heavy (non-hydrogen) atoms. The van der Waals surface area contributed by atoms with E-state index in [1.54, 1.807) is 30.4 Å². The first-order valence-corrected chi connectivity index (χ1v) is 12.2. The predicted molar refractivity (Wildman–Crippen MR) is 118 cm³/mol. The number of aryl methyl sites for hydroxylation is 3. The van der Waals surface area contributed by atoms with Crippen LogP contribution in [0.1, 0.15) is 29.5 Å². The molecule has 5 nitrogen and oxygen atoms in total. The number of ether oxygens (including phenoxy) is 1. The van der Waals surface area contributed by atoms with E-state index in [1.807, 2.05) is 6.92 Å². The molecule has 2 heterocycles. The second-order valence-electron chi connectivity index (χ2n) is 7.49. The third-order valence-electron chi connectivity index (χ3n) is 5.36. The third kappa shape index (κ3) is 4.01. The van der Waals surface area contributed by atoms with Crippen LogP contribution >= 0.6 is 22.9 Å². The number of benzene rings is 2. The molecule has 0 saturated carbocycles. The van der Waals surface area contributed by atoms with Gasteiger partial charge in [0.2, 0.25) is 10.0 Å². The van der Waals surface area contributed by atoms with Crippen LogP contribution in [0.25, 0.3) is 10.2 Å². The van der Waals surface area contributed by atoms with Crippen molar-refractivity contribution in [1.82, 2.24) is 9.29 Å². The minimum absolute atomic E-state index is 0.0388. The van der Waals surface area contributed by atoms with Gasteiger partial charge >= 0.3 is 0 Å². The molecule has 0 radical (unpaired) electrons. The van der Waals surface area contributed by atoms with Gasteiger partial charge in [0.25, 0.3) is 5.19 Å². The van der Waals surface area contributed by atoms with E-state index in [0.29, 0.717) is 41.7 Å². The van der Waals surface area contributed by atoms with E-state index in [-0.39, 0.29) is 11.0 Å². The van der Waals surface area contributed by atoms with Crippen LogP contribution in [0.3, 0.4) is 0 Å². The van der Waals surface area contributed by atoms with Gasteiger partial charge in [-0.2, -0.15) is 4.31 Å². The number of hydrogen-bond donors (Lipinski definition) is 0. The van der Waals surface area contributed by atoms with Gasteiger partial charge in [-0.25, -0.2) is 13.4 Å². The predicted octanol–water partition coefficient (Wildman–Crippen LogP) is 5.11. The molecule has 0 spiro atoms. The monoisotopic (exact) mass is 450 g/mol. The van der Waals surface area contributed by atoms with Gasteiger partial charge in [-0.05, 0) is 62.4 Å². The summed E-state index contributed by atoms with van der Waals surface area (Å²) < 4.78 is 34.9. The second-order valence-corrected chi connectivity index (χ2v) is 10.8. The minimum Gasteiger partial charge on any atom is -0.467 e.